The smallest absolute Gasteiger partial charge is 0.170 e. The molecule has 0 bridgehead atoms. The number of hydrogen-bond donors (Lipinski definition) is 2. The van der Waals surface area contributed by atoms with Crippen LogP contribution in [0.15, 0.2) is 22.7 Å². The van der Waals surface area contributed by atoms with Crippen LogP contribution in [0, 0.1) is 0 Å². The zero-order valence-corrected chi connectivity index (χ0v) is 13.3. The molecule has 18 heavy (non-hydrogen) atoms. The summed E-state index contributed by atoms with van der Waals surface area (Å²) in [5, 5.41) is 7.43. The van der Waals surface area contributed by atoms with E-state index in [1.165, 1.54) is 0 Å². The topological polar surface area (TPSA) is 33.3 Å². The average Bonchev–Trinajstić information content (AvgIpc) is 2.35. The lowest BCUT2D eigenvalue weighted by molar-refractivity contribution is 0.146. The number of anilines is 1. The monoisotopic (exact) mass is 350 g/mol. The van der Waals surface area contributed by atoms with Gasteiger partial charge in [0, 0.05) is 19.8 Å². The van der Waals surface area contributed by atoms with E-state index in [1.54, 1.807) is 0 Å². The molecule has 1 aromatic carbocycles. The van der Waals surface area contributed by atoms with Gasteiger partial charge in [0.05, 0.1) is 15.2 Å². The van der Waals surface area contributed by atoms with Crippen LogP contribution in [0.2, 0.25) is 5.02 Å². The second kappa shape index (κ2) is 8.69. The van der Waals surface area contributed by atoms with E-state index in [4.69, 9.17) is 28.6 Å². The van der Waals surface area contributed by atoms with Gasteiger partial charge in [-0.2, -0.15) is 0 Å². The highest BCUT2D eigenvalue weighted by molar-refractivity contribution is 9.10. The first-order valence-corrected chi connectivity index (χ1v) is 7.29. The number of nitrogens with one attached hydrogen (secondary N) is 2. The molecule has 0 aromatic heterocycles. The molecule has 0 heterocycles. The largest absolute Gasteiger partial charge is 0.382 e. The molecule has 0 spiro atoms. The Kier molecular flexibility index (Phi) is 7.58. The fourth-order valence-corrected chi connectivity index (χ4v) is 2.04. The minimum absolute atomic E-state index is 0.578. The van der Waals surface area contributed by atoms with Crippen molar-refractivity contribution in [2.24, 2.45) is 0 Å². The predicted molar refractivity (Wildman–Crippen MR) is 84.5 cm³/mol. The summed E-state index contributed by atoms with van der Waals surface area (Å²) in [5.41, 5.74) is 0.852. The second-order valence-corrected chi connectivity index (χ2v) is 5.14. The van der Waals surface area contributed by atoms with E-state index in [1.807, 2.05) is 25.1 Å². The van der Waals surface area contributed by atoms with Crippen molar-refractivity contribution in [3.63, 3.8) is 0 Å². The Hall–Kier alpha value is -0.360. The molecule has 0 aliphatic carbocycles. The van der Waals surface area contributed by atoms with Crippen LogP contribution in [-0.2, 0) is 4.74 Å². The van der Waals surface area contributed by atoms with Gasteiger partial charge in [-0.05, 0) is 53.6 Å². The molecule has 0 atom stereocenters. The Bertz CT molecular complexity index is 404. The number of hydrogen-bond acceptors (Lipinski definition) is 2. The lowest BCUT2D eigenvalue weighted by atomic mass is 10.3. The average molecular weight is 352 g/mol. The number of halogens is 2. The standard InChI is InChI=1S/C12H16BrClN2OS/c1-2-17-8-4-7-15-12(18)16-10-6-3-5-9(14)11(10)13/h3,5-6H,2,4,7-8H2,1H3,(H2,15,16,18). The van der Waals surface area contributed by atoms with E-state index in [2.05, 4.69) is 26.6 Å². The van der Waals surface area contributed by atoms with Crippen molar-refractivity contribution in [3.05, 3.63) is 27.7 Å². The van der Waals surface area contributed by atoms with Crippen LogP contribution in [0.5, 0.6) is 0 Å². The molecule has 1 aromatic rings. The van der Waals surface area contributed by atoms with Crippen LogP contribution in [0.1, 0.15) is 13.3 Å². The number of ether oxygens (including phenoxy) is 1. The number of thiocarbonyl (C=S) groups is 1. The molecule has 0 unspecified atom stereocenters. The third-order valence-corrected chi connectivity index (χ3v) is 3.80. The van der Waals surface area contributed by atoms with Crippen molar-refractivity contribution < 1.29 is 4.74 Å². The molecular formula is C12H16BrClN2OS. The zero-order chi connectivity index (χ0) is 13.4. The van der Waals surface area contributed by atoms with Crippen molar-refractivity contribution >= 4 is 50.5 Å². The van der Waals surface area contributed by atoms with Crippen molar-refractivity contribution in [2.75, 3.05) is 25.1 Å². The van der Waals surface area contributed by atoms with Gasteiger partial charge < -0.3 is 15.4 Å². The highest BCUT2D eigenvalue weighted by Gasteiger charge is 2.04. The van der Waals surface area contributed by atoms with E-state index in [0.717, 1.165) is 36.3 Å². The normalized spacial score (nSPS) is 10.2. The van der Waals surface area contributed by atoms with Crippen molar-refractivity contribution in [3.8, 4) is 0 Å². The number of rotatable bonds is 6. The van der Waals surface area contributed by atoms with Gasteiger partial charge in [-0.1, -0.05) is 17.7 Å². The molecule has 100 valence electrons. The van der Waals surface area contributed by atoms with Crippen LogP contribution < -0.4 is 10.6 Å². The third-order valence-electron chi connectivity index (χ3n) is 2.15. The SMILES string of the molecule is CCOCCCNC(=S)Nc1cccc(Cl)c1Br. The quantitative estimate of drug-likeness (QED) is 0.603. The first-order valence-electron chi connectivity index (χ1n) is 5.71. The third kappa shape index (κ3) is 5.52. The molecule has 0 amide bonds. The van der Waals surface area contributed by atoms with E-state index < -0.39 is 0 Å². The van der Waals surface area contributed by atoms with E-state index in [-0.39, 0.29) is 0 Å². The molecule has 1 rings (SSSR count). The molecule has 0 saturated carbocycles. The second-order valence-electron chi connectivity index (χ2n) is 3.53. The zero-order valence-electron chi connectivity index (χ0n) is 10.1. The molecule has 0 saturated heterocycles. The van der Waals surface area contributed by atoms with Gasteiger partial charge in [-0.3, -0.25) is 0 Å². The summed E-state index contributed by atoms with van der Waals surface area (Å²) < 4.78 is 6.05. The van der Waals surface area contributed by atoms with Crippen LogP contribution in [0.4, 0.5) is 5.69 Å². The van der Waals surface area contributed by atoms with Crippen LogP contribution in [-0.4, -0.2) is 24.9 Å². The van der Waals surface area contributed by atoms with Gasteiger partial charge in [0.1, 0.15) is 0 Å². The Morgan fingerprint density at radius 3 is 3.00 bits per heavy atom. The van der Waals surface area contributed by atoms with Gasteiger partial charge in [0.15, 0.2) is 5.11 Å². The van der Waals surface area contributed by atoms with E-state index >= 15 is 0 Å². The molecule has 0 fully saturated rings. The van der Waals surface area contributed by atoms with Crippen molar-refractivity contribution in [2.45, 2.75) is 13.3 Å². The van der Waals surface area contributed by atoms with Gasteiger partial charge in [0.2, 0.25) is 0 Å². The Balaban J connectivity index is 2.34. The molecule has 6 heteroatoms. The molecular weight excluding hydrogens is 336 g/mol. The van der Waals surface area contributed by atoms with Crippen LogP contribution in [0.25, 0.3) is 0 Å². The highest BCUT2D eigenvalue weighted by atomic mass is 79.9. The van der Waals surface area contributed by atoms with Gasteiger partial charge in [0.25, 0.3) is 0 Å². The molecule has 0 aliphatic rings. The minimum Gasteiger partial charge on any atom is -0.382 e. The Morgan fingerprint density at radius 2 is 2.28 bits per heavy atom. The maximum Gasteiger partial charge on any atom is 0.170 e. The van der Waals surface area contributed by atoms with Gasteiger partial charge in [-0.15, -0.1) is 0 Å². The molecule has 2 N–H and O–H groups in total. The van der Waals surface area contributed by atoms with Crippen LogP contribution >= 0.6 is 39.7 Å². The lowest BCUT2D eigenvalue weighted by Crippen LogP contribution is -2.29. The first-order chi connectivity index (χ1) is 8.65. The summed E-state index contributed by atoms with van der Waals surface area (Å²) in [4.78, 5) is 0. The number of benzene rings is 1. The lowest BCUT2D eigenvalue weighted by Gasteiger charge is -2.12. The summed E-state index contributed by atoms with van der Waals surface area (Å²) >= 11 is 14.6. The minimum atomic E-state index is 0.578. The summed E-state index contributed by atoms with van der Waals surface area (Å²) in [5.74, 6) is 0. The first kappa shape index (κ1) is 15.7. The molecule has 0 aliphatic heterocycles. The molecule has 0 radical (unpaired) electrons. The van der Waals surface area contributed by atoms with Crippen molar-refractivity contribution in [1.82, 2.24) is 5.32 Å². The fourth-order valence-electron chi connectivity index (χ4n) is 1.29. The summed E-state index contributed by atoms with van der Waals surface area (Å²) in [6.45, 7) is 4.26. The predicted octanol–water partition coefficient (Wildman–Crippen LogP) is 3.82. The summed E-state index contributed by atoms with van der Waals surface area (Å²) in [6.07, 6.45) is 0.923. The maximum absolute atomic E-state index is 5.99. The van der Waals surface area contributed by atoms with Crippen LogP contribution in [0.3, 0.4) is 0 Å². The van der Waals surface area contributed by atoms with Gasteiger partial charge >= 0.3 is 0 Å². The fraction of sp³-hybridized carbons (Fsp3) is 0.417. The van der Waals surface area contributed by atoms with Crippen molar-refractivity contribution in [1.29, 1.82) is 0 Å². The van der Waals surface area contributed by atoms with E-state index in [0.29, 0.717) is 10.1 Å². The molecule has 3 nitrogen and oxygen atoms in total. The van der Waals surface area contributed by atoms with Gasteiger partial charge in [-0.25, -0.2) is 0 Å². The summed E-state index contributed by atoms with van der Waals surface area (Å²) in [6, 6.07) is 5.59. The summed E-state index contributed by atoms with van der Waals surface area (Å²) in [7, 11) is 0. The van der Waals surface area contributed by atoms with E-state index in [9.17, 15) is 0 Å². The maximum atomic E-state index is 5.99. The highest BCUT2D eigenvalue weighted by Crippen LogP contribution is 2.29. The Labute approximate surface area is 126 Å². The Morgan fingerprint density at radius 1 is 1.50 bits per heavy atom.